The minimum atomic E-state index is -0.515. The number of para-hydroxylation sites is 2. The number of Topliss-reactive ketones (excluding diaryl/α,β-unsaturated/α-hetero) is 1. The van der Waals surface area contributed by atoms with Crippen LogP contribution in [0, 0.1) is 0 Å². The number of carbonyl (C=O) groups excluding carboxylic acids is 1. The summed E-state index contributed by atoms with van der Waals surface area (Å²) in [4.78, 5) is 26.1. The Morgan fingerprint density at radius 2 is 1.41 bits per heavy atom. The molecule has 3 aromatic carbocycles. The maximum atomic E-state index is 13.2. The van der Waals surface area contributed by atoms with E-state index in [9.17, 15) is 14.7 Å². The number of pyridine rings is 1. The molecule has 0 aliphatic rings. The van der Waals surface area contributed by atoms with E-state index < -0.39 is 11.3 Å². The normalized spacial score (nSPS) is 10.8. The Bertz CT molecular complexity index is 1180. The highest BCUT2D eigenvalue weighted by molar-refractivity contribution is 6.04. The summed E-state index contributed by atoms with van der Waals surface area (Å²) in [6, 6.07) is 25.4. The molecular weight excluding hydrogens is 338 g/mol. The summed E-state index contributed by atoms with van der Waals surface area (Å²) >= 11 is 0. The van der Waals surface area contributed by atoms with Crippen molar-refractivity contribution in [1.82, 2.24) is 4.57 Å². The molecule has 4 heteroatoms. The number of benzene rings is 3. The van der Waals surface area contributed by atoms with E-state index in [-0.39, 0.29) is 17.7 Å². The Labute approximate surface area is 156 Å². The zero-order chi connectivity index (χ0) is 18.8. The number of ketones is 1. The summed E-state index contributed by atoms with van der Waals surface area (Å²) in [6.07, 6.45) is 0.0524. The maximum Gasteiger partial charge on any atom is 0.270 e. The van der Waals surface area contributed by atoms with Gasteiger partial charge in [-0.1, -0.05) is 60.7 Å². The molecular formula is C23H17NO3. The average Bonchev–Trinajstić information content (AvgIpc) is 2.70. The van der Waals surface area contributed by atoms with E-state index in [2.05, 4.69) is 0 Å². The van der Waals surface area contributed by atoms with Gasteiger partial charge in [-0.15, -0.1) is 0 Å². The van der Waals surface area contributed by atoms with E-state index in [1.54, 1.807) is 36.4 Å². The van der Waals surface area contributed by atoms with Gasteiger partial charge in [0.1, 0.15) is 11.3 Å². The molecule has 0 aliphatic heterocycles. The predicted molar refractivity (Wildman–Crippen MR) is 106 cm³/mol. The van der Waals surface area contributed by atoms with Gasteiger partial charge in [-0.05, 0) is 29.8 Å². The number of hydrogen-bond donors (Lipinski definition) is 1. The molecule has 0 bridgehead atoms. The van der Waals surface area contributed by atoms with Crippen molar-refractivity contribution in [3.8, 4) is 11.4 Å². The van der Waals surface area contributed by atoms with Crippen molar-refractivity contribution < 1.29 is 9.90 Å². The molecule has 1 N–H and O–H groups in total. The van der Waals surface area contributed by atoms with Gasteiger partial charge in [0.25, 0.3) is 5.56 Å². The Hall–Kier alpha value is -3.66. The van der Waals surface area contributed by atoms with Crippen LogP contribution in [0.1, 0.15) is 15.9 Å². The van der Waals surface area contributed by atoms with Crippen LogP contribution in [0.25, 0.3) is 16.6 Å². The van der Waals surface area contributed by atoms with Crippen molar-refractivity contribution in [2.45, 2.75) is 6.42 Å². The third-order valence-corrected chi connectivity index (χ3v) is 4.55. The highest BCUT2D eigenvalue weighted by atomic mass is 16.3. The number of carbonyl (C=O) groups is 1. The van der Waals surface area contributed by atoms with Crippen molar-refractivity contribution in [3.63, 3.8) is 0 Å². The lowest BCUT2D eigenvalue weighted by molar-refractivity contribution is 0.0989. The highest BCUT2D eigenvalue weighted by Crippen LogP contribution is 2.28. The lowest BCUT2D eigenvalue weighted by Crippen LogP contribution is -2.26. The smallest absolute Gasteiger partial charge is 0.270 e. The lowest BCUT2D eigenvalue weighted by Gasteiger charge is -2.14. The summed E-state index contributed by atoms with van der Waals surface area (Å²) < 4.78 is 1.48. The molecule has 4 aromatic rings. The Morgan fingerprint density at radius 1 is 0.815 bits per heavy atom. The first-order chi connectivity index (χ1) is 13.2. The topological polar surface area (TPSA) is 59.3 Å². The Morgan fingerprint density at radius 3 is 2.11 bits per heavy atom. The molecule has 0 aliphatic carbocycles. The van der Waals surface area contributed by atoms with Crippen LogP contribution in [0.15, 0.2) is 89.7 Å². The van der Waals surface area contributed by atoms with Gasteiger partial charge in [-0.25, -0.2) is 0 Å². The number of fused-ring (bicyclic) bond motifs is 1. The largest absolute Gasteiger partial charge is 0.506 e. The standard InChI is InChI=1S/C23H17NO3/c25-20(15-16-9-3-1-4-10-16)21-22(26)18-13-7-8-14-19(18)24(23(21)27)17-11-5-2-6-12-17/h1-14,26H,15H2. The second-order valence-corrected chi connectivity index (χ2v) is 6.30. The third-order valence-electron chi connectivity index (χ3n) is 4.55. The maximum absolute atomic E-state index is 13.2. The van der Waals surface area contributed by atoms with Crippen LogP contribution in [0.2, 0.25) is 0 Å². The second kappa shape index (κ2) is 6.92. The van der Waals surface area contributed by atoms with Crippen molar-refractivity contribution in [2.75, 3.05) is 0 Å². The molecule has 0 atom stereocenters. The van der Waals surface area contributed by atoms with Gasteiger partial charge in [0.15, 0.2) is 5.78 Å². The number of aromatic nitrogens is 1. The van der Waals surface area contributed by atoms with Crippen LogP contribution >= 0.6 is 0 Å². The number of rotatable bonds is 4. The van der Waals surface area contributed by atoms with Crippen LogP contribution in [0.5, 0.6) is 5.75 Å². The average molecular weight is 355 g/mol. The van der Waals surface area contributed by atoms with Gasteiger partial charge in [0, 0.05) is 17.5 Å². The van der Waals surface area contributed by atoms with Crippen LogP contribution in [-0.2, 0) is 6.42 Å². The molecule has 0 saturated heterocycles. The monoisotopic (exact) mass is 355 g/mol. The predicted octanol–water partition coefficient (Wildman–Crippen LogP) is 4.12. The minimum Gasteiger partial charge on any atom is -0.506 e. The fourth-order valence-corrected chi connectivity index (χ4v) is 3.28. The van der Waals surface area contributed by atoms with Crippen LogP contribution in [0.3, 0.4) is 0 Å². The molecule has 4 nitrogen and oxygen atoms in total. The summed E-state index contributed by atoms with van der Waals surface area (Å²) in [5, 5.41) is 11.2. The fraction of sp³-hybridized carbons (Fsp3) is 0.0435. The highest BCUT2D eigenvalue weighted by Gasteiger charge is 2.22. The number of nitrogens with zero attached hydrogens (tertiary/aromatic N) is 1. The van der Waals surface area contributed by atoms with Crippen molar-refractivity contribution in [3.05, 3.63) is 106 Å². The molecule has 1 heterocycles. The van der Waals surface area contributed by atoms with Gasteiger partial charge in [0.05, 0.1) is 5.52 Å². The van der Waals surface area contributed by atoms with Crippen molar-refractivity contribution in [1.29, 1.82) is 0 Å². The minimum absolute atomic E-state index is 0.0524. The lowest BCUT2D eigenvalue weighted by atomic mass is 10.0. The van der Waals surface area contributed by atoms with Gasteiger partial charge in [0.2, 0.25) is 0 Å². The zero-order valence-corrected chi connectivity index (χ0v) is 14.5. The quantitative estimate of drug-likeness (QED) is 0.560. The van der Waals surface area contributed by atoms with Gasteiger partial charge >= 0.3 is 0 Å². The summed E-state index contributed by atoms with van der Waals surface area (Å²) in [7, 11) is 0. The Balaban J connectivity index is 1.96. The first-order valence-electron chi connectivity index (χ1n) is 8.66. The molecule has 132 valence electrons. The first kappa shape index (κ1) is 16.8. The summed E-state index contributed by atoms with van der Waals surface area (Å²) in [6.45, 7) is 0. The van der Waals surface area contributed by atoms with Gasteiger partial charge < -0.3 is 5.11 Å². The van der Waals surface area contributed by atoms with Crippen LogP contribution < -0.4 is 5.56 Å². The van der Waals surface area contributed by atoms with Crippen LogP contribution in [0.4, 0.5) is 0 Å². The molecule has 27 heavy (non-hydrogen) atoms. The molecule has 0 unspecified atom stereocenters. The van der Waals surface area contributed by atoms with E-state index in [0.717, 1.165) is 5.56 Å². The number of aromatic hydroxyl groups is 1. The molecule has 0 amide bonds. The van der Waals surface area contributed by atoms with Crippen LogP contribution in [-0.4, -0.2) is 15.5 Å². The van der Waals surface area contributed by atoms with E-state index in [4.69, 9.17) is 0 Å². The van der Waals surface area contributed by atoms with E-state index >= 15 is 0 Å². The Kier molecular flexibility index (Phi) is 4.30. The van der Waals surface area contributed by atoms with Crippen molar-refractivity contribution in [2.24, 2.45) is 0 Å². The third kappa shape index (κ3) is 3.02. The summed E-state index contributed by atoms with van der Waals surface area (Å²) in [5.74, 6) is -0.664. The zero-order valence-electron chi connectivity index (χ0n) is 14.5. The molecule has 0 spiro atoms. The molecule has 0 radical (unpaired) electrons. The molecule has 0 fully saturated rings. The second-order valence-electron chi connectivity index (χ2n) is 6.30. The SMILES string of the molecule is O=C(Cc1ccccc1)c1c(O)c2ccccc2n(-c2ccccc2)c1=O. The summed E-state index contributed by atoms with van der Waals surface area (Å²) in [5.41, 5.74) is 1.30. The fourth-order valence-electron chi connectivity index (χ4n) is 3.28. The van der Waals surface area contributed by atoms with Crippen molar-refractivity contribution >= 4 is 16.7 Å². The van der Waals surface area contributed by atoms with Gasteiger partial charge in [-0.2, -0.15) is 0 Å². The molecule has 0 saturated carbocycles. The van der Waals surface area contributed by atoms with E-state index in [1.807, 2.05) is 48.5 Å². The molecule has 4 rings (SSSR count). The van der Waals surface area contributed by atoms with E-state index in [1.165, 1.54) is 4.57 Å². The number of hydrogen-bond acceptors (Lipinski definition) is 3. The first-order valence-corrected chi connectivity index (χ1v) is 8.66. The van der Waals surface area contributed by atoms with Gasteiger partial charge in [-0.3, -0.25) is 14.2 Å². The van der Waals surface area contributed by atoms with E-state index in [0.29, 0.717) is 16.6 Å². The molecule has 1 aromatic heterocycles.